The molecule has 0 saturated heterocycles. The molecular formula is C13H20O5. The van der Waals surface area contributed by atoms with Gasteiger partial charge in [0.25, 0.3) is 0 Å². The second kappa shape index (κ2) is 8.44. The van der Waals surface area contributed by atoms with Crippen molar-refractivity contribution in [1.29, 1.82) is 0 Å². The van der Waals surface area contributed by atoms with Crippen molar-refractivity contribution >= 4 is 17.7 Å². The highest BCUT2D eigenvalue weighted by atomic mass is 16.5. The third-order valence-electron chi connectivity index (χ3n) is 1.90. The van der Waals surface area contributed by atoms with Crippen LogP contribution in [0.15, 0.2) is 11.6 Å². The van der Waals surface area contributed by atoms with Crippen LogP contribution in [-0.2, 0) is 23.9 Å². The van der Waals surface area contributed by atoms with Crippen molar-refractivity contribution in [2.75, 3.05) is 13.2 Å². The standard InChI is InChI=1S/C13H20O5/c1-9(2)5-13(16)6-12(7-17-10(3)14)8-18-11(4)15/h6,9H,5,7-8H2,1-4H3. The van der Waals surface area contributed by atoms with Gasteiger partial charge in [-0.3, -0.25) is 14.4 Å². The summed E-state index contributed by atoms with van der Waals surface area (Å²) in [6, 6.07) is 0. The van der Waals surface area contributed by atoms with E-state index < -0.39 is 11.9 Å². The fourth-order valence-electron chi connectivity index (χ4n) is 1.20. The SMILES string of the molecule is CC(=O)OCC(=CC(=O)CC(C)C)COC(C)=O. The summed E-state index contributed by atoms with van der Waals surface area (Å²) in [7, 11) is 0. The topological polar surface area (TPSA) is 69.7 Å². The third-order valence-corrected chi connectivity index (χ3v) is 1.90. The Kier molecular flexibility index (Phi) is 7.67. The van der Waals surface area contributed by atoms with Gasteiger partial charge in [-0.15, -0.1) is 0 Å². The number of ether oxygens (including phenoxy) is 2. The zero-order chi connectivity index (χ0) is 14.1. The van der Waals surface area contributed by atoms with Gasteiger partial charge in [0.2, 0.25) is 0 Å². The largest absolute Gasteiger partial charge is 0.461 e. The molecule has 0 bridgehead atoms. The van der Waals surface area contributed by atoms with Gasteiger partial charge in [-0.25, -0.2) is 0 Å². The average molecular weight is 256 g/mol. The van der Waals surface area contributed by atoms with Gasteiger partial charge in [0.05, 0.1) is 0 Å². The zero-order valence-electron chi connectivity index (χ0n) is 11.3. The Bertz CT molecular complexity index is 321. The lowest BCUT2D eigenvalue weighted by Crippen LogP contribution is -2.12. The van der Waals surface area contributed by atoms with Crippen LogP contribution in [0.2, 0.25) is 0 Å². The number of hydrogen-bond donors (Lipinski definition) is 0. The summed E-state index contributed by atoms with van der Waals surface area (Å²) < 4.78 is 9.58. The monoisotopic (exact) mass is 256 g/mol. The van der Waals surface area contributed by atoms with E-state index in [4.69, 9.17) is 9.47 Å². The van der Waals surface area contributed by atoms with Crippen LogP contribution in [0.1, 0.15) is 34.1 Å². The van der Waals surface area contributed by atoms with Gasteiger partial charge in [-0.1, -0.05) is 13.8 Å². The molecule has 0 heterocycles. The minimum absolute atomic E-state index is 0.0353. The lowest BCUT2D eigenvalue weighted by Gasteiger charge is -2.08. The molecule has 0 unspecified atom stereocenters. The molecule has 5 nitrogen and oxygen atoms in total. The Morgan fingerprint density at radius 3 is 1.78 bits per heavy atom. The molecule has 0 atom stereocenters. The van der Waals surface area contributed by atoms with Crippen LogP contribution in [0.5, 0.6) is 0 Å². The molecule has 0 amide bonds. The minimum atomic E-state index is -0.444. The highest BCUT2D eigenvalue weighted by Gasteiger charge is 2.08. The number of hydrogen-bond acceptors (Lipinski definition) is 5. The normalized spacial score (nSPS) is 9.83. The van der Waals surface area contributed by atoms with Crippen molar-refractivity contribution < 1.29 is 23.9 Å². The summed E-state index contributed by atoms with van der Waals surface area (Å²) in [5.41, 5.74) is 0.478. The molecule has 0 saturated carbocycles. The van der Waals surface area contributed by atoms with Crippen LogP contribution in [0.25, 0.3) is 0 Å². The van der Waals surface area contributed by atoms with Crippen LogP contribution in [-0.4, -0.2) is 30.9 Å². The second-order valence-electron chi connectivity index (χ2n) is 4.43. The lowest BCUT2D eigenvalue weighted by molar-refractivity contribution is -0.141. The van der Waals surface area contributed by atoms with Gasteiger partial charge in [0.15, 0.2) is 5.78 Å². The molecule has 0 aromatic heterocycles. The maximum absolute atomic E-state index is 11.6. The van der Waals surface area contributed by atoms with E-state index in [1.165, 1.54) is 19.9 Å². The fraction of sp³-hybridized carbons (Fsp3) is 0.615. The van der Waals surface area contributed by atoms with E-state index >= 15 is 0 Å². The molecule has 5 heteroatoms. The van der Waals surface area contributed by atoms with Gasteiger partial charge in [-0.05, 0) is 12.0 Å². The van der Waals surface area contributed by atoms with E-state index in [-0.39, 0.29) is 24.9 Å². The maximum atomic E-state index is 11.6. The van der Waals surface area contributed by atoms with Crippen molar-refractivity contribution in [3.63, 3.8) is 0 Å². The van der Waals surface area contributed by atoms with E-state index in [2.05, 4.69) is 0 Å². The molecule has 0 radical (unpaired) electrons. The molecule has 102 valence electrons. The predicted molar refractivity (Wildman–Crippen MR) is 65.8 cm³/mol. The molecule has 0 aliphatic heterocycles. The van der Waals surface area contributed by atoms with Gasteiger partial charge in [0, 0.05) is 25.8 Å². The van der Waals surface area contributed by atoms with E-state index in [0.29, 0.717) is 12.0 Å². The summed E-state index contributed by atoms with van der Waals surface area (Å²) in [4.78, 5) is 33.0. The Morgan fingerprint density at radius 1 is 1.00 bits per heavy atom. The molecule has 18 heavy (non-hydrogen) atoms. The van der Waals surface area contributed by atoms with Crippen LogP contribution in [0.4, 0.5) is 0 Å². The zero-order valence-corrected chi connectivity index (χ0v) is 11.3. The average Bonchev–Trinajstić information content (AvgIpc) is 2.20. The summed E-state index contributed by atoms with van der Waals surface area (Å²) in [6.45, 7) is 6.35. The summed E-state index contributed by atoms with van der Waals surface area (Å²) in [5.74, 6) is -0.711. The first-order chi connectivity index (χ1) is 8.31. The first kappa shape index (κ1) is 16.4. The van der Waals surface area contributed by atoms with Gasteiger partial charge < -0.3 is 9.47 Å². The molecule has 0 fully saturated rings. The smallest absolute Gasteiger partial charge is 0.302 e. The van der Waals surface area contributed by atoms with E-state index in [0.717, 1.165) is 0 Å². The van der Waals surface area contributed by atoms with Crippen molar-refractivity contribution in [2.45, 2.75) is 34.1 Å². The Balaban J connectivity index is 4.51. The minimum Gasteiger partial charge on any atom is -0.461 e. The first-order valence-electron chi connectivity index (χ1n) is 5.80. The van der Waals surface area contributed by atoms with Crippen molar-refractivity contribution in [1.82, 2.24) is 0 Å². The second-order valence-corrected chi connectivity index (χ2v) is 4.43. The first-order valence-corrected chi connectivity index (χ1v) is 5.80. The number of ketones is 1. The molecule has 0 aliphatic rings. The predicted octanol–water partition coefficient (Wildman–Crippen LogP) is 1.65. The van der Waals surface area contributed by atoms with E-state index in [9.17, 15) is 14.4 Å². The van der Waals surface area contributed by atoms with Crippen LogP contribution in [0, 0.1) is 5.92 Å². The lowest BCUT2D eigenvalue weighted by atomic mass is 10.1. The Morgan fingerprint density at radius 2 is 1.44 bits per heavy atom. The molecule has 0 aliphatic carbocycles. The van der Waals surface area contributed by atoms with Crippen molar-refractivity contribution in [2.24, 2.45) is 5.92 Å². The highest BCUT2D eigenvalue weighted by molar-refractivity contribution is 5.90. The fourth-order valence-corrected chi connectivity index (χ4v) is 1.20. The molecule has 0 N–H and O–H groups in total. The summed E-state index contributed by atoms with van der Waals surface area (Å²) in [6.07, 6.45) is 1.79. The van der Waals surface area contributed by atoms with Crippen molar-refractivity contribution in [3.05, 3.63) is 11.6 Å². The number of carbonyl (C=O) groups is 3. The number of carbonyl (C=O) groups excluding carboxylic acids is 3. The molecule has 0 spiro atoms. The molecular weight excluding hydrogens is 236 g/mol. The summed E-state index contributed by atoms with van der Waals surface area (Å²) in [5, 5.41) is 0. The third kappa shape index (κ3) is 9.57. The molecule has 0 aromatic rings. The molecule has 0 aromatic carbocycles. The van der Waals surface area contributed by atoms with Crippen LogP contribution in [0.3, 0.4) is 0 Å². The number of rotatable bonds is 7. The van der Waals surface area contributed by atoms with Crippen molar-refractivity contribution in [3.8, 4) is 0 Å². The van der Waals surface area contributed by atoms with Gasteiger partial charge >= 0.3 is 11.9 Å². The van der Waals surface area contributed by atoms with E-state index in [1.54, 1.807) is 0 Å². The highest BCUT2D eigenvalue weighted by Crippen LogP contribution is 2.05. The number of esters is 2. The van der Waals surface area contributed by atoms with Gasteiger partial charge in [0.1, 0.15) is 13.2 Å². The summed E-state index contributed by atoms with van der Waals surface area (Å²) >= 11 is 0. The van der Waals surface area contributed by atoms with Crippen LogP contribution >= 0.6 is 0 Å². The number of allylic oxidation sites excluding steroid dienone is 1. The quantitative estimate of drug-likeness (QED) is 0.511. The Hall–Kier alpha value is -1.65. The van der Waals surface area contributed by atoms with Gasteiger partial charge in [-0.2, -0.15) is 0 Å². The van der Waals surface area contributed by atoms with Crippen LogP contribution < -0.4 is 0 Å². The molecule has 0 rings (SSSR count). The maximum Gasteiger partial charge on any atom is 0.302 e. The Labute approximate surface area is 107 Å². The van der Waals surface area contributed by atoms with E-state index in [1.807, 2.05) is 13.8 Å².